The highest BCUT2D eigenvalue weighted by molar-refractivity contribution is 7.97. The van der Waals surface area contributed by atoms with E-state index in [-0.39, 0.29) is 11.5 Å². The van der Waals surface area contributed by atoms with Crippen LogP contribution >= 0.6 is 23.9 Å². The lowest BCUT2D eigenvalue weighted by atomic mass is 9.99. The maximum atomic E-state index is 14.6. The first-order chi connectivity index (χ1) is 16.2. The smallest absolute Gasteiger partial charge is 0.416 e. The van der Waals surface area contributed by atoms with Gasteiger partial charge in [-0.2, -0.15) is 13.2 Å². The first-order valence-electron chi connectivity index (χ1n) is 11.1. The van der Waals surface area contributed by atoms with Crippen LogP contribution in [-0.4, -0.2) is 36.2 Å². The highest BCUT2D eigenvalue weighted by Crippen LogP contribution is 2.45. The Labute approximate surface area is 205 Å². The molecule has 1 N–H and O–H groups in total. The fourth-order valence-electron chi connectivity index (χ4n) is 3.98. The molecule has 1 aliphatic heterocycles. The van der Waals surface area contributed by atoms with Gasteiger partial charge in [0, 0.05) is 30.3 Å². The lowest BCUT2D eigenvalue weighted by molar-refractivity contribution is -0.137. The summed E-state index contributed by atoms with van der Waals surface area (Å²) in [5, 5.41) is 0. The van der Waals surface area contributed by atoms with Crippen LogP contribution in [0.5, 0.6) is 5.75 Å². The number of halogens is 4. The molecule has 1 amide bonds. The van der Waals surface area contributed by atoms with E-state index in [1.165, 1.54) is 30.1 Å². The van der Waals surface area contributed by atoms with Crippen molar-refractivity contribution >= 4 is 29.8 Å². The average Bonchev–Trinajstić information content (AvgIpc) is 3.64. The van der Waals surface area contributed by atoms with Crippen LogP contribution in [0.15, 0.2) is 41.3 Å². The molecule has 0 unspecified atom stereocenters. The van der Waals surface area contributed by atoms with Gasteiger partial charge in [0.25, 0.3) is 5.91 Å². The van der Waals surface area contributed by atoms with Gasteiger partial charge in [-0.05, 0) is 79.3 Å². The van der Waals surface area contributed by atoms with Gasteiger partial charge >= 0.3 is 6.18 Å². The van der Waals surface area contributed by atoms with Crippen molar-refractivity contribution in [1.82, 2.24) is 9.03 Å². The number of benzene rings is 2. The third-order valence-corrected chi connectivity index (χ3v) is 7.48. The van der Waals surface area contributed by atoms with E-state index in [2.05, 4.69) is 9.03 Å². The molecule has 10 heteroatoms. The minimum absolute atomic E-state index is 0.0310. The fourth-order valence-corrected chi connectivity index (χ4v) is 5.29. The minimum atomic E-state index is -4.35. The summed E-state index contributed by atoms with van der Waals surface area (Å²) in [4.78, 5) is 12.7. The molecule has 0 aromatic heterocycles. The lowest BCUT2D eigenvalue weighted by Crippen LogP contribution is -2.31. The molecular weight excluding hydrogens is 488 g/mol. The van der Waals surface area contributed by atoms with E-state index in [0.717, 1.165) is 62.4 Å². The van der Waals surface area contributed by atoms with Crippen molar-refractivity contribution in [3.63, 3.8) is 0 Å². The molecule has 1 saturated carbocycles. The number of hydrogen-bond acceptors (Lipinski definition) is 5. The van der Waals surface area contributed by atoms with Crippen LogP contribution < -0.4 is 9.46 Å². The van der Waals surface area contributed by atoms with Crippen molar-refractivity contribution in [2.24, 2.45) is 5.92 Å². The number of hydrogen-bond donors (Lipinski definition) is 1. The third kappa shape index (κ3) is 6.40. The standard InChI is InChI=1S/C24H26F4N2O2S2/c1-33-29-23(31)20-12-19(16-5-6-16)22(13-21(20)25)32-14-15-7-9-30(10-8-15)34-18-4-2-3-17(11-18)24(26,27)28/h2-4,11-13,15-16H,5-10,14H2,1H3,(H,29,31). The summed E-state index contributed by atoms with van der Waals surface area (Å²) in [5.74, 6) is 0.0129. The molecule has 1 aliphatic carbocycles. The zero-order chi connectivity index (χ0) is 24.3. The Morgan fingerprint density at radius 2 is 1.88 bits per heavy atom. The van der Waals surface area contributed by atoms with Gasteiger partial charge in [0.2, 0.25) is 0 Å². The van der Waals surface area contributed by atoms with Gasteiger partial charge in [-0.1, -0.05) is 18.0 Å². The van der Waals surface area contributed by atoms with E-state index in [1.54, 1.807) is 18.4 Å². The summed E-state index contributed by atoms with van der Waals surface area (Å²) in [6.45, 7) is 1.90. The molecule has 1 saturated heterocycles. The lowest BCUT2D eigenvalue weighted by Gasteiger charge is -2.31. The maximum absolute atomic E-state index is 14.6. The summed E-state index contributed by atoms with van der Waals surface area (Å²) in [5.41, 5.74) is 0.269. The van der Waals surface area contributed by atoms with Crippen molar-refractivity contribution in [3.05, 3.63) is 58.9 Å². The van der Waals surface area contributed by atoms with E-state index < -0.39 is 23.5 Å². The molecule has 184 valence electrons. The Morgan fingerprint density at radius 1 is 1.15 bits per heavy atom. The Bertz CT molecular complexity index is 1020. The third-order valence-electron chi connectivity index (χ3n) is 6.00. The normalized spacial score (nSPS) is 17.6. The summed E-state index contributed by atoms with van der Waals surface area (Å²) in [6.07, 6.45) is 1.02. The molecule has 2 fully saturated rings. The molecule has 0 radical (unpaired) electrons. The molecule has 0 bridgehead atoms. The van der Waals surface area contributed by atoms with Gasteiger partial charge < -0.3 is 4.74 Å². The molecule has 2 aromatic rings. The summed E-state index contributed by atoms with van der Waals surface area (Å²) >= 11 is 2.46. The predicted octanol–water partition coefficient (Wildman–Crippen LogP) is 6.53. The van der Waals surface area contributed by atoms with Crippen molar-refractivity contribution in [1.29, 1.82) is 0 Å². The maximum Gasteiger partial charge on any atom is 0.416 e. The Kier molecular flexibility index (Phi) is 7.99. The largest absolute Gasteiger partial charge is 0.493 e. The fraction of sp³-hybridized carbons (Fsp3) is 0.458. The topological polar surface area (TPSA) is 41.6 Å². The molecule has 0 spiro atoms. The van der Waals surface area contributed by atoms with E-state index >= 15 is 0 Å². The van der Waals surface area contributed by atoms with Crippen LogP contribution in [0, 0.1) is 11.7 Å². The number of piperidine rings is 1. The number of nitrogens with one attached hydrogen (secondary N) is 1. The number of rotatable bonds is 8. The van der Waals surface area contributed by atoms with Crippen LogP contribution in [0.3, 0.4) is 0 Å². The van der Waals surface area contributed by atoms with Gasteiger partial charge in [0.05, 0.1) is 17.7 Å². The second kappa shape index (κ2) is 10.8. The molecule has 4 rings (SSSR count). The highest BCUT2D eigenvalue weighted by atomic mass is 32.2. The quantitative estimate of drug-likeness (QED) is 0.321. The number of nitrogens with zero attached hydrogens (tertiary/aromatic N) is 1. The zero-order valence-electron chi connectivity index (χ0n) is 18.7. The van der Waals surface area contributed by atoms with Crippen molar-refractivity contribution in [2.75, 3.05) is 26.0 Å². The van der Waals surface area contributed by atoms with Gasteiger partial charge in [0.1, 0.15) is 11.6 Å². The van der Waals surface area contributed by atoms with Crippen molar-refractivity contribution in [2.45, 2.75) is 42.7 Å². The number of carbonyl (C=O) groups is 1. The van der Waals surface area contributed by atoms with Crippen LogP contribution in [0.2, 0.25) is 0 Å². The second-order valence-electron chi connectivity index (χ2n) is 8.58. The van der Waals surface area contributed by atoms with Gasteiger partial charge in [-0.15, -0.1) is 0 Å². The molecule has 2 aliphatic rings. The minimum Gasteiger partial charge on any atom is -0.493 e. The average molecular weight is 515 g/mol. The van der Waals surface area contributed by atoms with Crippen molar-refractivity contribution in [3.8, 4) is 5.75 Å². The SMILES string of the molecule is CSNC(=O)c1cc(C2CC2)c(OCC2CCN(Sc3cccc(C(F)(F)F)c3)CC2)cc1F. The first kappa shape index (κ1) is 25.2. The number of carbonyl (C=O) groups excluding carboxylic acids is 1. The highest BCUT2D eigenvalue weighted by Gasteiger charge is 2.31. The van der Waals surface area contributed by atoms with Crippen LogP contribution in [0.1, 0.15) is 53.1 Å². The summed E-state index contributed by atoms with van der Waals surface area (Å²) in [7, 11) is 0. The molecule has 34 heavy (non-hydrogen) atoms. The van der Waals surface area contributed by atoms with Crippen LogP contribution in [0.25, 0.3) is 0 Å². The Balaban J connectivity index is 1.32. The van der Waals surface area contributed by atoms with E-state index in [0.29, 0.717) is 23.2 Å². The van der Waals surface area contributed by atoms with Gasteiger partial charge in [-0.3, -0.25) is 9.52 Å². The van der Waals surface area contributed by atoms with E-state index in [9.17, 15) is 22.4 Å². The van der Waals surface area contributed by atoms with Gasteiger partial charge in [-0.25, -0.2) is 8.70 Å². The number of amides is 1. The van der Waals surface area contributed by atoms with Crippen molar-refractivity contribution < 1.29 is 27.1 Å². The molecule has 0 atom stereocenters. The van der Waals surface area contributed by atoms with E-state index in [1.807, 2.05) is 0 Å². The molecule has 1 heterocycles. The second-order valence-corrected chi connectivity index (χ2v) is 10.4. The summed E-state index contributed by atoms with van der Waals surface area (Å²) < 4.78 is 64.1. The molecular formula is C24H26F4N2O2S2. The molecule has 2 aromatic carbocycles. The first-order valence-corrected chi connectivity index (χ1v) is 13.1. The Hall–Kier alpha value is -1.91. The monoisotopic (exact) mass is 514 g/mol. The predicted molar refractivity (Wildman–Crippen MR) is 126 cm³/mol. The zero-order valence-corrected chi connectivity index (χ0v) is 20.3. The van der Waals surface area contributed by atoms with Gasteiger partial charge in [0.15, 0.2) is 0 Å². The number of ether oxygens (including phenoxy) is 1. The number of alkyl halides is 3. The molecule has 4 nitrogen and oxygen atoms in total. The summed E-state index contributed by atoms with van der Waals surface area (Å²) in [6, 6.07) is 8.30. The van der Waals surface area contributed by atoms with Crippen LogP contribution in [0.4, 0.5) is 17.6 Å². The van der Waals surface area contributed by atoms with E-state index in [4.69, 9.17) is 4.74 Å². The Morgan fingerprint density at radius 3 is 2.53 bits per heavy atom. The van der Waals surface area contributed by atoms with Crippen LogP contribution in [-0.2, 0) is 6.18 Å².